The molecule has 2 aromatic rings. The van der Waals surface area contributed by atoms with E-state index in [9.17, 15) is 4.79 Å². The molecule has 1 aromatic carbocycles. The van der Waals surface area contributed by atoms with Crippen molar-refractivity contribution in [2.45, 2.75) is 39.0 Å². The van der Waals surface area contributed by atoms with Crippen LogP contribution in [0.2, 0.25) is 5.02 Å². The Balaban J connectivity index is 1.84. The molecular formula is C24H29ClN4O4S. The Morgan fingerprint density at radius 1 is 1.35 bits per heavy atom. The molecule has 10 heteroatoms. The quantitative estimate of drug-likeness (QED) is 0.420. The highest BCUT2D eigenvalue weighted by molar-refractivity contribution is 7.81. The van der Waals surface area contributed by atoms with E-state index in [1.54, 1.807) is 37.7 Å². The number of para-hydroxylation sites is 1. The molecule has 0 bridgehead atoms. The zero-order valence-corrected chi connectivity index (χ0v) is 21.2. The van der Waals surface area contributed by atoms with Crippen molar-refractivity contribution in [3.63, 3.8) is 0 Å². The summed E-state index contributed by atoms with van der Waals surface area (Å²) >= 11 is 11.9. The summed E-state index contributed by atoms with van der Waals surface area (Å²) in [6.45, 7) is 4.76. The van der Waals surface area contributed by atoms with Crippen LogP contribution >= 0.6 is 23.8 Å². The molecule has 0 fully saturated rings. The van der Waals surface area contributed by atoms with Gasteiger partial charge in [-0.1, -0.05) is 29.9 Å². The van der Waals surface area contributed by atoms with E-state index in [1.165, 1.54) is 7.11 Å². The highest BCUT2D eigenvalue weighted by Crippen LogP contribution is 2.33. The normalized spacial score (nSPS) is 16.5. The Morgan fingerprint density at radius 3 is 2.88 bits per heavy atom. The van der Waals surface area contributed by atoms with Gasteiger partial charge in [0, 0.05) is 43.6 Å². The fraction of sp³-hybridized carbons (Fsp3) is 0.375. The number of rotatable bonds is 10. The van der Waals surface area contributed by atoms with Crippen molar-refractivity contribution in [1.82, 2.24) is 15.6 Å². The summed E-state index contributed by atoms with van der Waals surface area (Å²) in [6.07, 6.45) is 3.84. The van der Waals surface area contributed by atoms with Crippen LogP contribution in [0.5, 0.6) is 11.5 Å². The Hall–Kier alpha value is -2.88. The molecule has 1 aromatic heterocycles. The lowest BCUT2D eigenvalue weighted by molar-refractivity contribution is -0.118. The summed E-state index contributed by atoms with van der Waals surface area (Å²) in [5, 5.41) is 9.90. The van der Waals surface area contributed by atoms with Gasteiger partial charge in [0.05, 0.1) is 36.2 Å². The lowest BCUT2D eigenvalue weighted by atomic mass is 10.0. The third kappa shape index (κ3) is 6.37. The van der Waals surface area contributed by atoms with Crippen LogP contribution in [0.15, 0.2) is 47.9 Å². The summed E-state index contributed by atoms with van der Waals surface area (Å²) < 4.78 is 16.5. The van der Waals surface area contributed by atoms with Crippen molar-refractivity contribution >= 4 is 40.4 Å². The Labute approximate surface area is 210 Å². The number of anilines is 1. The number of pyridine rings is 1. The molecule has 0 aliphatic carbocycles. The molecule has 34 heavy (non-hydrogen) atoms. The smallest absolute Gasteiger partial charge is 0.256 e. The molecule has 1 aliphatic heterocycles. The number of nitrogens with one attached hydrogen (secondary N) is 3. The maximum absolute atomic E-state index is 12.9. The average molecular weight is 505 g/mol. The molecule has 1 amide bonds. The van der Waals surface area contributed by atoms with E-state index in [0.717, 1.165) is 11.3 Å². The minimum Gasteiger partial charge on any atom is -0.493 e. The number of aromatic nitrogens is 1. The van der Waals surface area contributed by atoms with E-state index in [1.807, 2.05) is 19.9 Å². The molecule has 0 spiro atoms. The fourth-order valence-corrected chi connectivity index (χ4v) is 4.22. The van der Waals surface area contributed by atoms with E-state index >= 15 is 0 Å². The van der Waals surface area contributed by atoms with E-state index in [0.29, 0.717) is 47.4 Å². The summed E-state index contributed by atoms with van der Waals surface area (Å²) in [5.74, 6) is 0.856. The maximum Gasteiger partial charge on any atom is 0.256 e. The van der Waals surface area contributed by atoms with E-state index in [-0.39, 0.29) is 23.0 Å². The monoisotopic (exact) mass is 504 g/mol. The second-order valence-electron chi connectivity index (χ2n) is 7.93. The van der Waals surface area contributed by atoms with Crippen molar-refractivity contribution in [2.75, 3.05) is 26.1 Å². The minimum atomic E-state index is -0.250. The van der Waals surface area contributed by atoms with Crippen LogP contribution in [0.25, 0.3) is 0 Å². The molecule has 0 radical (unpaired) electrons. The molecule has 8 nitrogen and oxygen atoms in total. The van der Waals surface area contributed by atoms with Gasteiger partial charge in [-0.15, -0.1) is 0 Å². The molecular weight excluding hydrogens is 476 g/mol. The van der Waals surface area contributed by atoms with Gasteiger partial charge in [-0.05, 0) is 32.0 Å². The standard InChI is InChI=1S/C24H29ClN4O4S/c1-14-10-19(27-11-16-8-9-26-12-20(16)33-15(2)13-31-3)21(23(30)28-14)24(34)29-18-7-5-6-17(25)22(18)32-4/h5-9,12,14-15,27H,10-11,13H2,1-4H3,(H,28,30)(H,29,34). The number of nitrogens with zero attached hydrogens (tertiary/aromatic N) is 1. The van der Waals surface area contributed by atoms with Crippen molar-refractivity contribution in [3.8, 4) is 11.5 Å². The third-order valence-electron chi connectivity index (χ3n) is 5.15. The number of thiocarbonyl (C=S) groups is 1. The Morgan fingerprint density at radius 2 is 2.15 bits per heavy atom. The van der Waals surface area contributed by atoms with Gasteiger partial charge < -0.3 is 30.2 Å². The molecule has 2 heterocycles. The number of halogens is 1. The third-order valence-corrected chi connectivity index (χ3v) is 5.76. The summed E-state index contributed by atoms with van der Waals surface area (Å²) in [6, 6.07) is 7.12. The fourth-order valence-electron chi connectivity index (χ4n) is 3.64. The first-order valence-electron chi connectivity index (χ1n) is 10.8. The summed E-state index contributed by atoms with van der Waals surface area (Å²) in [4.78, 5) is 17.4. The number of hydrogen-bond acceptors (Lipinski definition) is 7. The lowest BCUT2D eigenvalue weighted by Gasteiger charge is -2.27. The zero-order valence-electron chi connectivity index (χ0n) is 19.6. The Bertz CT molecular complexity index is 1080. The topological polar surface area (TPSA) is 93.7 Å². The van der Waals surface area contributed by atoms with Crippen LogP contribution in [0, 0.1) is 0 Å². The highest BCUT2D eigenvalue weighted by atomic mass is 35.5. The second kappa shape index (κ2) is 12.0. The van der Waals surface area contributed by atoms with Crippen molar-refractivity contribution in [3.05, 3.63) is 58.5 Å². The number of amides is 1. The number of ether oxygens (including phenoxy) is 3. The van der Waals surface area contributed by atoms with Gasteiger partial charge in [0.1, 0.15) is 16.8 Å². The molecule has 182 valence electrons. The second-order valence-corrected chi connectivity index (χ2v) is 8.74. The van der Waals surface area contributed by atoms with Gasteiger partial charge in [-0.2, -0.15) is 0 Å². The number of hydrogen-bond donors (Lipinski definition) is 3. The zero-order chi connectivity index (χ0) is 24.7. The first kappa shape index (κ1) is 25.7. The van der Waals surface area contributed by atoms with Crippen LogP contribution in [0.4, 0.5) is 5.69 Å². The van der Waals surface area contributed by atoms with Gasteiger partial charge in [0.15, 0.2) is 5.75 Å². The number of carbonyl (C=O) groups excluding carboxylic acids is 1. The van der Waals surface area contributed by atoms with Gasteiger partial charge in [0.25, 0.3) is 5.91 Å². The molecule has 0 saturated heterocycles. The van der Waals surface area contributed by atoms with Crippen LogP contribution in [0.3, 0.4) is 0 Å². The largest absolute Gasteiger partial charge is 0.493 e. The van der Waals surface area contributed by atoms with E-state index in [2.05, 4.69) is 20.9 Å². The van der Waals surface area contributed by atoms with Gasteiger partial charge in [0.2, 0.25) is 0 Å². The van der Waals surface area contributed by atoms with E-state index in [4.69, 9.17) is 38.0 Å². The maximum atomic E-state index is 12.9. The van der Waals surface area contributed by atoms with Crippen LogP contribution in [-0.2, 0) is 16.1 Å². The number of methoxy groups -OCH3 is 2. The van der Waals surface area contributed by atoms with Crippen molar-refractivity contribution in [2.24, 2.45) is 0 Å². The molecule has 0 saturated carbocycles. The summed E-state index contributed by atoms with van der Waals surface area (Å²) in [5.41, 5.74) is 2.59. The SMILES string of the molecule is COCC(C)Oc1cnccc1CNC1=C(C(=S)Nc2cccc(Cl)c2OC)C(=O)NC(C)C1. The van der Waals surface area contributed by atoms with Gasteiger partial charge in [-0.25, -0.2) is 0 Å². The van der Waals surface area contributed by atoms with Crippen LogP contribution in [0.1, 0.15) is 25.8 Å². The predicted octanol–water partition coefficient (Wildman–Crippen LogP) is 3.85. The molecule has 2 unspecified atom stereocenters. The highest BCUT2D eigenvalue weighted by Gasteiger charge is 2.28. The van der Waals surface area contributed by atoms with Crippen LogP contribution in [-0.4, -0.2) is 48.9 Å². The Kier molecular flexibility index (Phi) is 9.09. The molecule has 3 rings (SSSR count). The molecule has 3 N–H and O–H groups in total. The number of benzene rings is 1. The number of carbonyl (C=O) groups is 1. The van der Waals surface area contributed by atoms with Crippen molar-refractivity contribution < 1.29 is 19.0 Å². The van der Waals surface area contributed by atoms with Crippen molar-refractivity contribution in [1.29, 1.82) is 0 Å². The predicted molar refractivity (Wildman–Crippen MR) is 137 cm³/mol. The van der Waals surface area contributed by atoms with Gasteiger partial charge >= 0.3 is 0 Å². The first-order valence-corrected chi connectivity index (χ1v) is 11.6. The average Bonchev–Trinajstić information content (AvgIpc) is 2.78. The van der Waals surface area contributed by atoms with Crippen LogP contribution < -0.4 is 25.4 Å². The summed E-state index contributed by atoms with van der Waals surface area (Å²) in [7, 11) is 3.16. The molecule has 1 aliphatic rings. The van der Waals surface area contributed by atoms with Gasteiger partial charge in [-0.3, -0.25) is 9.78 Å². The first-order chi connectivity index (χ1) is 16.3. The van der Waals surface area contributed by atoms with E-state index < -0.39 is 0 Å². The lowest BCUT2D eigenvalue weighted by Crippen LogP contribution is -2.44. The molecule has 2 atom stereocenters. The minimum absolute atomic E-state index is 0.0443.